The van der Waals surface area contributed by atoms with E-state index in [9.17, 15) is 0 Å². The van der Waals surface area contributed by atoms with Crippen molar-refractivity contribution in [1.29, 1.82) is 0 Å². The van der Waals surface area contributed by atoms with Crippen LogP contribution >= 0.6 is 0 Å². The fourth-order valence-electron chi connectivity index (χ4n) is 4.18. The predicted octanol–water partition coefficient (Wildman–Crippen LogP) is 4.17. The fourth-order valence-corrected chi connectivity index (χ4v) is 4.18. The first-order chi connectivity index (χ1) is 9.66. The SMILES string of the molecule is C=CCCCCN1CC2C(C1)C2(C)c1cccc(C)c1. The largest absolute Gasteiger partial charge is 0.303 e. The molecule has 1 aliphatic heterocycles. The van der Waals surface area contributed by atoms with Gasteiger partial charge < -0.3 is 4.90 Å². The van der Waals surface area contributed by atoms with E-state index in [2.05, 4.69) is 49.6 Å². The van der Waals surface area contributed by atoms with Crippen molar-refractivity contribution < 1.29 is 0 Å². The Hall–Kier alpha value is -1.08. The highest BCUT2D eigenvalue weighted by Crippen LogP contribution is 2.63. The quantitative estimate of drug-likeness (QED) is 0.553. The fraction of sp³-hybridized carbons (Fsp3) is 0.579. The van der Waals surface area contributed by atoms with E-state index in [1.165, 1.54) is 44.5 Å². The highest BCUT2D eigenvalue weighted by Gasteiger charge is 2.65. The third-order valence-electron chi connectivity index (χ3n) is 5.60. The van der Waals surface area contributed by atoms with E-state index in [0.29, 0.717) is 5.41 Å². The molecule has 2 aliphatic rings. The molecule has 1 heterocycles. The van der Waals surface area contributed by atoms with E-state index < -0.39 is 0 Å². The van der Waals surface area contributed by atoms with E-state index in [0.717, 1.165) is 11.8 Å². The Balaban J connectivity index is 1.55. The van der Waals surface area contributed by atoms with Crippen molar-refractivity contribution in [2.24, 2.45) is 11.8 Å². The molecule has 0 spiro atoms. The number of likely N-dealkylation sites (tertiary alicyclic amines) is 1. The second-order valence-corrected chi connectivity index (χ2v) is 6.91. The smallest absolute Gasteiger partial charge is 0.00218 e. The van der Waals surface area contributed by atoms with Gasteiger partial charge in [-0.1, -0.05) is 42.8 Å². The minimum atomic E-state index is 0.462. The molecule has 108 valence electrons. The van der Waals surface area contributed by atoms with Crippen LogP contribution in [0.2, 0.25) is 0 Å². The van der Waals surface area contributed by atoms with Crippen LogP contribution in [-0.2, 0) is 5.41 Å². The van der Waals surface area contributed by atoms with Gasteiger partial charge in [0, 0.05) is 18.5 Å². The summed E-state index contributed by atoms with van der Waals surface area (Å²) in [5.74, 6) is 1.78. The zero-order valence-corrected chi connectivity index (χ0v) is 12.9. The molecular formula is C19H27N. The lowest BCUT2D eigenvalue weighted by atomic mass is 9.91. The van der Waals surface area contributed by atoms with E-state index in [-0.39, 0.29) is 0 Å². The highest BCUT2D eigenvalue weighted by molar-refractivity contribution is 5.39. The maximum Gasteiger partial charge on any atom is 0.00218 e. The second-order valence-electron chi connectivity index (χ2n) is 6.91. The molecule has 0 amide bonds. The van der Waals surface area contributed by atoms with Gasteiger partial charge in [-0.25, -0.2) is 0 Å². The Bertz CT molecular complexity index is 478. The topological polar surface area (TPSA) is 3.24 Å². The average molecular weight is 269 g/mol. The summed E-state index contributed by atoms with van der Waals surface area (Å²) in [5.41, 5.74) is 3.43. The molecule has 0 aromatic heterocycles. The number of nitrogens with zero attached hydrogens (tertiary/aromatic N) is 1. The number of aryl methyl sites for hydroxylation is 1. The molecule has 1 aromatic rings. The summed E-state index contributed by atoms with van der Waals surface area (Å²) in [6.07, 6.45) is 5.83. The molecule has 3 rings (SSSR count). The summed E-state index contributed by atoms with van der Waals surface area (Å²) >= 11 is 0. The van der Waals surface area contributed by atoms with E-state index >= 15 is 0 Å². The predicted molar refractivity (Wildman–Crippen MR) is 86.0 cm³/mol. The van der Waals surface area contributed by atoms with E-state index in [4.69, 9.17) is 0 Å². The molecule has 0 bridgehead atoms. The highest BCUT2D eigenvalue weighted by atomic mass is 15.2. The zero-order valence-electron chi connectivity index (χ0n) is 12.9. The van der Waals surface area contributed by atoms with Crippen LogP contribution in [0.25, 0.3) is 0 Å². The molecular weight excluding hydrogens is 242 g/mol. The number of hydrogen-bond acceptors (Lipinski definition) is 1. The van der Waals surface area contributed by atoms with Gasteiger partial charge in [-0.05, 0) is 50.1 Å². The number of benzene rings is 1. The summed E-state index contributed by atoms with van der Waals surface area (Å²) < 4.78 is 0. The van der Waals surface area contributed by atoms with Crippen molar-refractivity contribution >= 4 is 0 Å². The lowest BCUT2D eigenvalue weighted by molar-refractivity contribution is 0.272. The van der Waals surface area contributed by atoms with Crippen molar-refractivity contribution in [3.05, 3.63) is 48.0 Å². The number of piperidine rings is 1. The van der Waals surface area contributed by atoms with Crippen LogP contribution in [0.5, 0.6) is 0 Å². The van der Waals surface area contributed by atoms with Crippen LogP contribution < -0.4 is 0 Å². The molecule has 0 radical (unpaired) electrons. The Labute approximate surface area is 123 Å². The second kappa shape index (κ2) is 5.37. The van der Waals surface area contributed by atoms with E-state index in [1.54, 1.807) is 5.56 Å². The third kappa shape index (κ3) is 2.33. The molecule has 2 unspecified atom stereocenters. The molecule has 1 saturated carbocycles. The van der Waals surface area contributed by atoms with Crippen LogP contribution in [0.3, 0.4) is 0 Å². The van der Waals surface area contributed by atoms with Crippen molar-refractivity contribution in [1.82, 2.24) is 4.90 Å². The van der Waals surface area contributed by atoms with Gasteiger partial charge in [0.1, 0.15) is 0 Å². The number of allylic oxidation sites excluding steroid dienone is 1. The number of rotatable bonds is 6. The summed E-state index contributed by atoms with van der Waals surface area (Å²) in [4.78, 5) is 2.68. The van der Waals surface area contributed by atoms with Gasteiger partial charge >= 0.3 is 0 Å². The first-order valence-corrected chi connectivity index (χ1v) is 8.06. The molecule has 2 atom stereocenters. The van der Waals surface area contributed by atoms with Gasteiger partial charge in [-0.15, -0.1) is 6.58 Å². The van der Waals surface area contributed by atoms with Crippen LogP contribution in [-0.4, -0.2) is 24.5 Å². The van der Waals surface area contributed by atoms with Crippen LogP contribution in [0, 0.1) is 18.8 Å². The zero-order chi connectivity index (χ0) is 14.2. The molecule has 1 aliphatic carbocycles. The lowest BCUT2D eigenvalue weighted by Crippen LogP contribution is -2.29. The molecule has 1 saturated heterocycles. The summed E-state index contributed by atoms with van der Waals surface area (Å²) in [5, 5.41) is 0. The van der Waals surface area contributed by atoms with Crippen LogP contribution in [0.1, 0.15) is 37.3 Å². The maximum absolute atomic E-state index is 3.80. The first-order valence-electron chi connectivity index (χ1n) is 8.06. The molecule has 2 fully saturated rings. The van der Waals surface area contributed by atoms with Gasteiger partial charge in [0.25, 0.3) is 0 Å². The van der Waals surface area contributed by atoms with Gasteiger partial charge in [0.15, 0.2) is 0 Å². The van der Waals surface area contributed by atoms with Gasteiger partial charge in [0.05, 0.1) is 0 Å². The minimum absolute atomic E-state index is 0.462. The van der Waals surface area contributed by atoms with Gasteiger partial charge in [-0.2, -0.15) is 0 Å². The standard InChI is InChI=1S/C19H27N/c1-4-5-6-7-11-20-13-17-18(14-20)19(17,3)16-10-8-9-15(2)12-16/h4,8-10,12,17-18H,1,5-7,11,13-14H2,2-3H3. The lowest BCUT2D eigenvalue weighted by Gasteiger charge is -2.24. The van der Waals surface area contributed by atoms with Crippen LogP contribution in [0.15, 0.2) is 36.9 Å². The molecule has 1 heteroatoms. The normalized spacial score (nSPS) is 32.1. The van der Waals surface area contributed by atoms with E-state index in [1.807, 2.05) is 6.08 Å². The molecule has 20 heavy (non-hydrogen) atoms. The number of unbranched alkanes of at least 4 members (excludes halogenated alkanes) is 2. The minimum Gasteiger partial charge on any atom is -0.303 e. The third-order valence-corrected chi connectivity index (χ3v) is 5.60. The Morgan fingerprint density at radius 3 is 2.70 bits per heavy atom. The van der Waals surface area contributed by atoms with Crippen LogP contribution in [0.4, 0.5) is 0 Å². The molecule has 0 N–H and O–H groups in total. The van der Waals surface area contributed by atoms with Gasteiger partial charge in [-0.3, -0.25) is 0 Å². The Morgan fingerprint density at radius 2 is 2.05 bits per heavy atom. The van der Waals surface area contributed by atoms with Crippen molar-refractivity contribution in [2.45, 2.75) is 38.5 Å². The molecule has 1 aromatic carbocycles. The van der Waals surface area contributed by atoms with Crippen molar-refractivity contribution in [3.63, 3.8) is 0 Å². The maximum atomic E-state index is 3.80. The monoisotopic (exact) mass is 269 g/mol. The average Bonchev–Trinajstić information content (AvgIpc) is 2.83. The Kier molecular flexibility index (Phi) is 3.72. The first kappa shape index (κ1) is 13.9. The number of hydrogen-bond donors (Lipinski definition) is 0. The summed E-state index contributed by atoms with van der Waals surface area (Å²) in [7, 11) is 0. The summed E-state index contributed by atoms with van der Waals surface area (Å²) in [6.45, 7) is 12.4. The van der Waals surface area contributed by atoms with Crippen molar-refractivity contribution in [3.8, 4) is 0 Å². The summed E-state index contributed by atoms with van der Waals surface area (Å²) in [6, 6.07) is 9.15. The molecule has 1 nitrogen and oxygen atoms in total. The number of fused-ring (bicyclic) bond motifs is 1. The Morgan fingerprint density at radius 1 is 1.30 bits per heavy atom. The van der Waals surface area contributed by atoms with Crippen molar-refractivity contribution in [2.75, 3.05) is 19.6 Å². The van der Waals surface area contributed by atoms with Gasteiger partial charge in [0.2, 0.25) is 0 Å².